The molecule has 302 valence electrons. The van der Waals surface area contributed by atoms with Crippen molar-refractivity contribution in [1.82, 2.24) is 59.3 Å². The normalized spacial score (nSPS) is 10.7. The number of fused-ring (bicyclic) bond motifs is 3. The Balaban J connectivity index is 0.000000212. The molecule has 0 fully saturated rings. The third-order valence-corrected chi connectivity index (χ3v) is 7.01. The number of hydrogen-bond donors (Lipinski definition) is 0. The number of nitrogens with zero attached hydrogens (tertiary/aromatic N) is 18. The zero-order valence-electron chi connectivity index (χ0n) is 33.1. The van der Waals surface area contributed by atoms with E-state index in [1.54, 1.807) is 50.8 Å². The van der Waals surface area contributed by atoms with Crippen molar-refractivity contribution in [2.75, 3.05) is 84.6 Å². The van der Waals surface area contributed by atoms with Gasteiger partial charge in [0.2, 0.25) is 16.6 Å². The van der Waals surface area contributed by atoms with Gasteiger partial charge in [-0.2, -0.15) is 7.82 Å². The molecular formula is C30H45N18O7P. The monoisotopic (exact) mass is 800 g/mol. The second kappa shape index (κ2) is 18.3. The Morgan fingerprint density at radius 3 is 0.929 bits per heavy atom. The molecule has 0 aliphatic rings. The van der Waals surface area contributed by atoms with Crippen molar-refractivity contribution in [2.24, 2.45) is 0 Å². The molecule has 0 aromatic carbocycles. The van der Waals surface area contributed by atoms with Crippen molar-refractivity contribution < 1.29 is 47.5 Å². The van der Waals surface area contributed by atoms with Crippen LogP contribution in [0.2, 0.25) is 0 Å². The second-order valence-electron chi connectivity index (χ2n) is 12.8. The van der Waals surface area contributed by atoms with E-state index in [9.17, 15) is 15.6 Å². The van der Waals surface area contributed by atoms with Crippen LogP contribution in [0.15, 0.2) is 55.0 Å². The number of aromatic nitrogens is 12. The Morgan fingerprint density at radius 2 is 0.750 bits per heavy atom. The first-order valence-electron chi connectivity index (χ1n) is 16.3. The summed E-state index contributed by atoms with van der Waals surface area (Å²) in [4.78, 5) is 45.0. The van der Waals surface area contributed by atoms with Gasteiger partial charge in [-0.15, -0.1) is 29.5 Å². The number of hydrogen-bond acceptors (Lipinski definition) is 13. The van der Waals surface area contributed by atoms with Crippen LogP contribution >= 0.6 is 7.82 Å². The SMILES string of the molecule is CN(C)C(n1n[n+]([O-])c2ncccc21)=[N+](C)C.CN(C)C(n1n[n+]([O-])c2ncccc21)=[N+](C)C.CN(C)C(n1n[n+]([O-])c2ncccc21)=[N+](C)C.O=P([O-])([O-])[O-]. The lowest BCUT2D eigenvalue weighted by molar-refractivity contribution is -0.647. The summed E-state index contributed by atoms with van der Waals surface area (Å²) in [6, 6.07) is 10.8. The summed E-state index contributed by atoms with van der Waals surface area (Å²) in [6.07, 6.45) is 4.73. The molecule has 0 atom stereocenters. The fourth-order valence-electron chi connectivity index (χ4n) is 5.40. The van der Waals surface area contributed by atoms with E-state index in [4.69, 9.17) is 19.2 Å². The zero-order chi connectivity index (χ0) is 42.2. The summed E-state index contributed by atoms with van der Waals surface area (Å²) in [5.41, 5.74) is 2.98. The lowest BCUT2D eigenvalue weighted by Crippen LogP contribution is -2.39. The topological polar surface area (TPSA) is 278 Å². The van der Waals surface area contributed by atoms with E-state index in [1.165, 1.54) is 0 Å². The van der Waals surface area contributed by atoms with Gasteiger partial charge in [0, 0.05) is 15.6 Å². The van der Waals surface area contributed by atoms with Crippen LogP contribution in [0.1, 0.15) is 0 Å². The number of rotatable bonds is 0. The summed E-state index contributed by atoms with van der Waals surface area (Å²) in [7, 11) is 17.4. The maximum atomic E-state index is 11.6. The molecule has 0 aliphatic heterocycles. The van der Waals surface area contributed by atoms with Crippen molar-refractivity contribution in [2.45, 2.75) is 0 Å². The molecule has 6 rings (SSSR count). The van der Waals surface area contributed by atoms with E-state index in [0.717, 1.165) is 17.9 Å². The first-order chi connectivity index (χ1) is 26.1. The van der Waals surface area contributed by atoms with Crippen LogP contribution in [0, 0.1) is 15.6 Å². The Labute approximate surface area is 321 Å². The molecule has 0 amide bonds. The van der Waals surface area contributed by atoms with Crippen LogP contribution in [-0.2, 0) is 4.57 Å². The van der Waals surface area contributed by atoms with Gasteiger partial charge in [-0.05, 0) is 36.4 Å². The lowest BCUT2D eigenvalue weighted by Gasteiger charge is -2.36. The Hall–Kier alpha value is -6.43. The van der Waals surface area contributed by atoms with Gasteiger partial charge >= 0.3 is 34.8 Å². The van der Waals surface area contributed by atoms with Gasteiger partial charge in [0.05, 0.1) is 84.6 Å². The van der Waals surface area contributed by atoms with Crippen molar-refractivity contribution in [1.29, 1.82) is 0 Å². The van der Waals surface area contributed by atoms with Gasteiger partial charge < -0.3 is 34.9 Å². The molecule has 26 heteroatoms. The van der Waals surface area contributed by atoms with Crippen LogP contribution in [0.25, 0.3) is 33.5 Å². The first kappa shape index (κ1) is 44.0. The van der Waals surface area contributed by atoms with Crippen LogP contribution < -0.4 is 29.2 Å². The van der Waals surface area contributed by atoms with Gasteiger partial charge in [-0.3, -0.25) is 28.4 Å². The quantitative estimate of drug-likeness (QED) is 0.0455. The predicted octanol–water partition coefficient (Wildman–Crippen LogP) is -5.52. The summed E-state index contributed by atoms with van der Waals surface area (Å²) in [5, 5.41) is 46.6. The maximum absolute atomic E-state index is 11.6. The molecule has 0 saturated carbocycles. The molecule has 0 N–H and O–H groups in total. The van der Waals surface area contributed by atoms with Crippen LogP contribution in [0.3, 0.4) is 0 Å². The van der Waals surface area contributed by atoms with Gasteiger partial charge in [0.25, 0.3) is 0 Å². The highest BCUT2D eigenvalue weighted by atomic mass is 31.2. The minimum atomic E-state index is -5.39. The molecule has 6 aromatic heterocycles. The third kappa shape index (κ3) is 10.6. The van der Waals surface area contributed by atoms with Crippen LogP contribution in [0.4, 0.5) is 0 Å². The molecule has 0 radical (unpaired) electrons. The minimum Gasteiger partial charge on any atom is -0.822 e. The van der Waals surface area contributed by atoms with Crippen molar-refractivity contribution >= 4 is 59.2 Å². The van der Waals surface area contributed by atoms with Gasteiger partial charge in [-0.25, -0.2) is 0 Å². The van der Waals surface area contributed by atoms with E-state index in [-0.39, 0.29) is 0 Å². The van der Waals surface area contributed by atoms with Crippen molar-refractivity contribution in [3.8, 4) is 0 Å². The van der Waals surface area contributed by atoms with E-state index < -0.39 is 7.82 Å². The summed E-state index contributed by atoms with van der Waals surface area (Å²) in [6.45, 7) is 0. The molecule has 25 nitrogen and oxygen atoms in total. The highest BCUT2D eigenvalue weighted by Crippen LogP contribution is 2.08. The molecule has 0 aliphatic carbocycles. The van der Waals surface area contributed by atoms with Crippen molar-refractivity contribution in [3.63, 3.8) is 0 Å². The van der Waals surface area contributed by atoms with Gasteiger partial charge in [-0.1, -0.05) is 14.0 Å². The van der Waals surface area contributed by atoms with Gasteiger partial charge in [0.15, 0.2) is 0 Å². The first-order valence-corrected chi connectivity index (χ1v) is 17.7. The summed E-state index contributed by atoms with van der Waals surface area (Å²) >= 11 is 0. The lowest BCUT2D eigenvalue weighted by atomic mass is 10.4. The largest absolute Gasteiger partial charge is 0.822 e. The van der Waals surface area contributed by atoms with E-state index in [1.807, 2.05) is 131 Å². The van der Waals surface area contributed by atoms with Crippen molar-refractivity contribution in [3.05, 3.63) is 70.6 Å². The molecule has 6 heterocycles. The van der Waals surface area contributed by atoms with Crippen LogP contribution in [0.5, 0.6) is 0 Å². The fraction of sp³-hybridized carbons (Fsp3) is 0.400. The zero-order valence-corrected chi connectivity index (χ0v) is 33.9. The minimum absolute atomic E-state index is 0.314. The van der Waals surface area contributed by atoms with E-state index in [2.05, 4.69) is 30.6 Å². The molecule has 6 aromatic rings. The average molecular weight is 801 g/mol. The highest BCUT2D eigenvalue weighted by molar-refractivity contribution is 7.40. The van der Waals surface area contributed by atoms with E-state index in [0.29, 0.717) is 48.0 Å². The smallest absolute Gasteiger partial charge is 0.381 e. The van der Waals surface area contributed by atoms with E-state index >= 15 is 0 Å². The fourth-order valence-corrected chi connectivity index (χ4v) is 5.40. The number of phosphoric acid groups is 1. The Morgan fingerprint density at radius 1 is 0.536 bits per heavy atom. The highest BCUT2D eigenvalue weighted by Gasteiger charge is 2.26. The standard InChI is InChI=1S/3C10H15N6O.H3O4P/c3*1-13(2)10(14(3)4)15-8-6-5-7-11-9(8)16(17)12-15;1-5(2,3)4/h3*5-7H,1-4H3;(H3,1,2,3,4)/q3*+1;/p-3. The molecule has 0 saturated heterocycles. The molecule has 0 bridgehead atoms. The molecule has 0 unspecified atom stereocenters. The Kier molecular flexibility index (Phi) is 14.3. The third-order valence-electron chi connectivity index (χ3n) is 7.01. The number of pyridine rings is 3. The average Bonchev–Trinajstić information content (AvgIpc) is 3.71. The molecule has 56 heavy (non-hydrogen) atoms. The van der Waals surface area contributed by atoms with Gasteiger partial charge in [0.1, 0.15) is 18.6 Å². The maximum Gasteiger partial charge on any atom is 0.381 e. The second-order valence-corrected chi connectivity index (χ2v) is 13.7. The Bertz CT molecular complexity index is 2170. The predicted molar refractivity (Wildman–Crippen MR) is 196 cm³/mol. The molecular weight excluding hydrogens is 755 g/mol. The molecule has 0 spiro atoms. The van der Waals surface area contributed by atoms with Crippen LogP contribution in [-0.4, -0.2) is 176 Å². The summed E-state index contributed by atoms with van der Waals surface area (Å²) < 4.78 is 18.9. The summed E-state index contributed by atoms with van der Waals surface area (Å²) in [5.74, 6) is 2.37.